The normalized spacial score (nSPS) is 11.0. The first kappa shape index (κ1) is 13.8. The monoisotopic (exact) mass is 302 g/mol. The zero-order chi connectivity index (χ0) is 14.8. The van der Waals surface area contributed by atoms with Crippen LogP contribution >= 0.6 is 11.8 Å². The first-order valence-corrected chi connectivity index (χ1v) is 7.42. The SMILES string of the molecule is Cc1cc(-c2nnc(CSc3ccc(O)cc3)o2)c(C)o1. The Hall–Kier alpha value is -2.21. The number of phenols is 1. The highest BCUT2D eigenvalue weighted by atomic mass is 32.2. The highest BCUT2D eigenvalue weighted by Crippen LogP contribution is 2.28. The van der Waals surface area contributed by atoms with Crippen LogP contribution < -0.4 is 0 Å². The molecule has 0 saturated carbocycles. The second-order valence-corrected chi connectivity index (χ2v) is 5.66. The van der Waals surface area contributed by atoms with Gasteiger partial charge in [0, 0.05) is 4.90 Å². The Morgan fingerprint density at radius 2 is 1.86 bits per heavy atom. The molecule has 0 radical (unpaired) electrons. The van der Waals surface area contributed by atoms with Crippen LogP contribution in [0.4, 0.5) is 0 Å². The Labute approximate surface area is 126 Å². The molecular weight excluding hydrogens is 288 g/mol. The van der Waals surface area contributed by atoms with E-state index in [4.69, 9.17) is 8.83 Å². The van der Waals surface area contributed by atoms with Gasteiger partial charge in [-0.25, -0.2) is 0 Å². The van der Waals surface area contributed by atoms with Crippen molar-refractivity contribution in [3.8, 4) is 17.2 Å². The first-order chi connectivity index (χ1) is 10.1. The molecule has 3 aromatic rings. The molecule has 2 heterocycles. The van der Waals surface area contributed by atoms with Crippen molar-refractivity contribution in [3.05, 3.63) is 47.7 Å². The van der Waals surface area contributed by atoms with Gasteiger partial charge in [0.1, 0.15) is 17.3 Å². The van der Waals surface area contributed by atoms with E-state index in [0.717, 1.165) is 22.0 Å². The van der Waals surface area contributed by atoms with Gasteiger partial charge in [-0.05, 0) is 44.2 Å². The summed E-state index contributed by atoms with van der Waals surface area (Å²) in [7, 11) is 0. The molecule has 0 amide bonds. The molecule has 0 aliphatic carbocycles. The average molecular weight is 302 g/mol. The van der Waals surface area contributed by atoms with Crippen LogP contribution in [0.25, 0.3) is 11.5 Å². The highest BCUT2D eigenvalue weighted by Gasteiger charge is 2.14. The van der Waals surface area contributed by atoms with Crippen molar-refractivity contribution in [2.45, 2.75) is 24.5 Å². The molecule has 0 unspecified atom stereocenters. The van der Waals surface area contributed by atoms with Crippen LogP contribution in [0, 0.1) is 13.8 Å². The number of aryl methyl sites for hydroxylation is 2. The lowest BCUT2D eigenvalue weighted by atomic mass is 10.2. The molecule has 5 nitrogen and oxygen atoms in total. The third kappa shape index (κ3) is 3.11. The fourth-order valence-corrected chi connectivity index (χ4v) is 2.69. The van der Waals surface area contributed by atoms with Crippen molar-refractivity contribution in [3.63, 3.8) is 0 Å². The van der Waals surface area contributed by atoms with E-state index in [2.05, 4.69) is 10.2 Å². The Balaban J connectivity index is 1.70. The van der Waals surface area contributed by atoms with Gasteiger partial charge in [-0.3, -0.25) is 0 Å². The summed E-state index contributed by atoms with van der Waals surface area (Å²) in [5.74, 6) is 3.46. The minimum absolute atomic E-state index is 0.255. The molecular formula is C15H14N2O3S. The minimum Gasteiger partial charge on any atom is -0.508 e. The second-order valence-electron chi connectivity index (χ2n) is 4.61. The van der Waals surface area contributed by atoms with Crippen molar-refractivity contribution < 1.29 is 13.9 Å². The Morgan fingerprint density at radius 1 is 1.10 bits per heavy atom. The van der Waals surface area contributed by atoms with Gasteiger partial charge >= 0.3 is 0 Å². The predicted octanol–water partition coefficient (Wildman–Crippen LogP) is 3.94. The predicted molar refractivity (Wildman–Crippen MR) is 79.1 cm³/mol. The maximum atomic E-state index is 9.24. The maximum Gasteiger partial charge on any atom is 0.251 e. The number of nitrogens with zero attached hydrogens (tertiary/aromatic N) is 2. The fourth-order valence-electron chi connectivity index (χ4n) is 1.95. The van der Waals surface area contributed by atoms with Gasteiger partial charge in [0.15, 0.2) is 0 Å². The molecule has 2 aromatic heterocycles. The molecule has 0 atom stereocenters. The van der Waals surface area contributed by atoms with E-state index < -0.39 is 0 Å². The number of thioether (sulfide) groups is 1. The van der Waals surface area contributed by atoms with Gasteiger partial charge in [0.25, 0.3) is 5.89 Å². The summed E-state index contributed by atoms with van der Waals surface area (Å²) in [6.45, 7) is 3.76. The number of hydrogen-bond acceptors (Lipinski definition) is 6. The Morgan fingerprint density at radius 3 is 2.52 bits per heavy atom. The molecule has 21 heavy (non-hydrogen) atoms. The van der Waals surface area contributed by atoms with Gasteiger partial charge in [0.2, 0.25) is 5.89 Å². The zero-order valence-corrected chi connectivity index (χ0v) is 12.5. The number of aromatic hydroxyl groups is 1. The van der Waals surface area contributed by atoms with Crippen LogP contribution in [0.1, 0.15) is 17.4 Å². The fraction of sp³-hybridized carbons (Fsp3) is 0.200. The number of hydrogen-bond donors (Lipinski definition) is 1. The second kappa shape index (κ2) is 5.65. The summed E-state index contributed by atoms with van der Waals surface area (Å²) < 4.78 is 11.1. The van der Waals surface area contributed by atoms with E-state index in [1.165, 1.54) is 0 Å². The third-order valence-corrected chi connectivity index (χ3v) is 3.93. The lowest BCUT2D eigenvalue weighted by Crippen LogP contribution is -1.80. The van der Waals surface area contributed by atoms with Gasteiger partial charge in [-0.1, -0.05) is 0 Å². The van der Waals surface area contributed by atoms with Gasteiger partial charge in [0.05, 0.1) is 11.3 Å². The smallest absolute Gasteiger partial charge is 0.251 e. The van der Waals surface area contributed by atoms with Crippen LogP contribution in [-0.4, -0.2) is 15.3 Å². The largest absolute Gasteiger partial charge is 0.508 e. The molecule has 0 spiro atoms. The standard InChI is InChI=1S/C15H14N2O3S/c1-9-7-13(10(2)19-9)15-17-16-14(20-15)8-21-12-5-3-11(18)4-6-12/h3-7,18H,8H2,1-2H3. The maximum absolute atomic E-state index is 9.24. The summed E-state index contributed by atoms with van der Waals surface area (Å²) >= 11 is 1.57. The van der Waals surface area contributed by atoms with Crippen molar-refractivity contribution in [2.24, 2.45) is 0 Å². The van der Waals surface area contributed by atoms with E-state index in [9.17, 15) is 5.11 Å². The van der Waals surface area contributed by atoms with Crippen molar-refractivity contribution >= 4 is 11.8 Å². The molecule has 0 bridgehead atoms. The molecule has 6 heteroatoms. The summed E-state index contributed by atoms with van der Waals surface area (Å²) in [4.78, 5) is 1.03. The number of phenolic OH excluding ortho intramolecular Hbond substituents is 1. The van der Waals surface area contributed by atoms with Crippen LogP contribution in [0.2, 0.25) is 0 Å². The Kier molecular flexibility index (Phi) is 3.70. The summed E-state index contributed by atoms with van der Waals surface area (Å²) in [5, 5.41) is 17.3. The molecule has 108 valence electrons. The van der Waals surface area contributed by atoms with Crippen LogP contribution in [-0.2, 0) is 5.75 Å². The number of rotatable bonds is 4. The number of aromatic nitrogens is 2. The summed E-state index contributed by atoms with van der Waals surface area (Å²) in [5.41, 5.74) is 0.834. The molecule has 1 aromatic carbocycles. The van der Waals surface area contributed by atoms with E-state index in [1.54, 1.807) is 23.9 Å². The highest BCUT2D eigenvalue weighted by molar-refractivity contribution is 7.98. The average Bonchev–Trinajstić information content (AvgIpc) is 3.04. The minimum atomic E-state index is 0.255. The van der Waals surface area contributed by atoms with E-state index in [0.29, 0.717) is 17.5 Å². The zero-order valence-electron chi connectivity index (χ0n) is 11.7. The Bertz CT molecular complexity index is 747. The number of benzene rings is 1. The third-order valence-electron chi connectivity index (χ3n) is 2.94. The molecule has 3 rings (SSSR count). The van der Waals surface area contributed by atoms with E-state index >= 15 is 0 Å². The quantitative estimate of drug-likeness (QED) is 0.736. The van der Waals surface area contributed by atoms with Crippen molar-refractivity contribution in [2.75, 3.05) is 0 Å². The van der Waals surface area contributed by atoms with Crippen molar-refractivity contribution in [1.29, 1.82) is 0 Å². The van der Waals surface area contributed by atoms with E-state index in [1.807, 2.05) is 32.0 Å². The topological polar surface area (TPSA) is 72.3 Å². The van der Waals surface area contributed by atoms with Crippen molar-refractivity contribution in [1.82, 2.24) is 10.2 Å². The van der Waals surface area contributed by atoms with Crippen LogP contribution in [0.5, 0.6) is 5.75 Å². The molecule has 1 N–H and O–H groups in total. The van der Waals surface area contributed by atoms with Gasteiger partial charge in [-0.15, -0.1) is 22.0 Å². The lowest BCUT2D eigenvalue weighted by Gasteiger charge is -1.98. The molecule has 0 fully saturated rings. The molecule has 0 aliphatic rings. The lowest BCUT2D eigenvalue weighted by molar-refractivity contribution is 0.475. The number of furan rings is 1. The first-order valence-electron chi connectivity index (χ1n) is 6.43. The van der Waals surface area contributed by atoms with Crippen LogP contribution in [0.15, 0.2) is 44.1 Å². The van der Waals surface area contributed by atoms with Gasteiger partial charge in [-0.2, -0.15) is 0 Å². The van der Waals surface area contributed by atoms with Crippen LogP contribution in [0.3, 0.4) is 0 Å². The van der Waals surface area contributed by atoms with E-state index in [-0.39, 0.29) is 5.75 Å². The molecule has 0 saturated heterocycles. The summed E-state index contributed by atoms with van der Waals surface area (Å²) in [6, 6.07) is 8.89. The van der Waals surface area contributed by atoms with Gasteiger partial charge < -0.3 is 13.9 Å². The molecule has 0 aliphatic heterocycles. The summed E-state index contributed by atoms with van der Waals surface area (Å²) in [6.07, 6.45) is 0.